The predicted octanol–water partition coefficient (Wildman–Crippen LogP) is 3.65. The van der Waals surface area contributed by atoms with E-state index < -0.39 is 11.7 Å². The standard InChI is InChI=1S/C21H21BrFNO3/c1-14(25)13-24-21(27)17(9-15-5-3-2-4-6-15)11-19(26)10-16-7-8-18(22)12-20(16)23/h2-8,12,17H,9-11,13H2,1H3,(H,24,27)/t17-/m1/s1. The van der Waals surface area contributed by atoms with Crippen molar-refractivity contribution in [1.29, 1.82) is 0 Å². The summed E-state index contributed by atoms with van der Waals surface area (Å²) in [5.41, 5.74) is 1.22. The number of hydrogen-bond donors (Lipinski definition) is 1. The Labute approximate surface area is 166 Å². The van der Waals surface area contributed by atoms with Crippen molar-refractivity contribution in [2.75, 3.05) is 6.54 Å². The summed E-state index contributed by atoms with van der Waals surface area (Å²) in [4.78, 5) is 36.1. The van der Waals surface area contributed by atoms with Crippen LogP contribution in [0.15, 0.2) is 53.0 Å². The fraction of sp³-hybridized carbons (Fsp3) is 0.286. The zero-order chi connectivity index (χ0) is 19.8. The van der Waals surface area contributed by atoms with Crippen molar-refractivity contribution in [3.8, 4) is 0 Å². The molecule has 2 aromatic carbocycles. The van der Waals surface area contributed by atoms with Crippen LogP contribution in [0.2, 0.25) is 0 Å². The molecule has 0 aliphatic heterocycles. The summed E-state index contributed by atoms with van der Waals surface area (Å²) in [6, 6.07) is 13.9. The molecule has 0 fully saturated rings. The summed E-state index contributed by atoms with van der Waals surface area (Å²) in [5.74, 6) is -1.81. The average Bonchev–Trinajstić information content (AvgIpc) is 2.62. The summed E-state index contributed by atoms with van der Waals surface area (Å²) in [6.07, 6.45) is 0.275. The van der Waals surface area contributed by atoms with Gasteiger partial charge in [-0.25, -0.2) is 4.39 Å². The Morgan fingerprint density at radius 1 is 1.11 bits per heavy atom. The van der Waals surface area contributed by atoms with E-state index in [0.29, 0.717) is 16.5 Å². The second-order valence-corrected chi connectivity index (χ2v) is 7.38. The number of halogens is 2. The third-order valence-corrected chi connectivity index (χ3v) is 4.58. The van der Waals surface area contributed by atoms with Gasteiger partial charge in [-0.3, -0.25) is 14.4 Å². The Morgan fingerprint density at radius 2 is 1.81 bits per heavy atom. The van der Waals surface area contributed by atoms with E-state index >= 15 is 0 Å². The summed E-state index contributed by atoms with van der Waals surface area (Å²) < 4.78 is 14.6. The lowest BCUT2D eigenvalue weighted by Gasteiger charge is -2.16. The lowest BCUT2D eigenvalue weighted by molar-refractivity contribution is -0.130. The predicted molar refractivity (Wildman–Crippen MR) is 105 cm³/mol. The normalized spacial score (nSPS) is 11.7. The van der Waals surface area contributed by atoms with E-state index in [-0.39, 0.29) is 36.9 Å². The van der Waals surface area contributed by atoms with Gasteiger partial charge in [-0.1, -0.05) is 52.3 Å². The molecule has 2 rings (SSSR count). The van der Waals surface area contributed by atoms with Crippen LogP contribution in [0, 0.1) is 11.7 Å². The van der Waals surface area contributed by atoms with Gasteiger partial charge in [-0.15, -0.1) is 0 Å². The highest BCUT2D eigenvalue weighted by molar-refractivity contribution is 9.10. The molecule has 0 aliphatic rings. The highest BCUT2D eigenvalue weighted by Gasteiger charge is 2.23. The zero-order valence-electron chi connectivity index (χ0n) is 15.0. The van der Waals surface area contributed by atoms with Gasteiger partial charge < -0.3 is 5.32 Å². The number of amides is 1. The lowest BCUT2D eigenvalue weighted by Crippen LogP contribution is -2.36. The molecule has 0 aromatic heterocycles. The summed E-state index contributed by atoms with van der Waals surface area (Å²) >= 11 is 3.18. The molecule has 1 N–H and O–H groups in total. The fourth-order valence-electron chi connectivity index (χ4n) is 2.74. The Bertz CT molecular complexity index is 823. The molecule has 0 unspecified atom stereocenters. The minimum absolute atomic E-state index is 0.0197. The fourth-order valence-corrected chi connectivity index (χ4v) is 3.07. The zero-order valence-corrected chi connectivity index (χ0v) is 16.6. The molecule has 0 aliphatic carbocycles. The number of carbonyl (C=O) groups is 3. The Kier molecular flexibility index (Phi) is 7.85. The van der Waals surface area contributed by atoms with Crippen LogP contribution in [-0.4, -0.2) is 24.0 Å². The topological polar surface area (TPSA) is 63.2 Å². The maximum atomic E-state index is 14.0. The number of Topliss-reactive ketones (excluding diaryl/α,β-unsaturated/α-hetero) is 2. The maximum Gasteiger partial charge on any atom is 0.224 e. The van der Waals surface area contributed by atoms with Crippen molar-refractivity contribution < 1.29 is 18.8 Å². The maximum absolute atomic E-state index is 14.0. The molecule has 4 nitrogen and oxygen atoms in total. The first-order chi connectivity index (χ1) is 12.8. The molecular formula is C21H21BrFNO3. The number of hydrogen-bond acceptors (Lipinski definition) is 3. The van der Waals surface area contributed by atoms with Crippen LogP contribution in [0.5, 0.6) is 0 Å². The summed E-state index contributed by atoms with van der Waals surface area (Å²) in [6.45, 7) is 1.31. The number of benzene rings is 2. The number of nitrogens with one attached hydrogen (secondary N) is 1. The van der Waals surface area contributed by atoms with Crippen molar-refractivity contribution >= 4 is 33.4 Å². The molecule has 27 heavy (non-hydrogen) atoms. The molecule has 1 atom stereocenters. The van der Waals surface area contributed by atoms with Crippen molar-refractivity contribution in [1.82, 2.24) is 5.32 Å². The van der Waals surface area contributed by atoms with Crippen LogP contribution in [-0.2, 0) is 27.2 Å². The van der Waals surface area contributed by atoms with E-state index in [2.05, 4.69) is 21.2 Å². The van der Waals surface area contributed by atoms with Crippen LogP contribution in [0.1, 0.15) is 24.5 Å². The van der Waals surface area contributed by atoms with Gasteiger partial charge in [-0.05, 0) is 36.6 Å². The van der Waals surface area contributed by atoms with Gasteiger partial charge in [-0.2, -0.15) is 0 Å². The van der Waals surface area contributed by atoms with Crippen LogP contribution in [0.3, 0.4) is 0 Å². The summed E-state index contributed by atoms with van der Waals surface area (Å²) in [5, 5.41) is 2.57. The molecule has 1 amide bonds. The minimum Gasteiger partial charge on any atom is -0.349 e. The molecule has 142 valence electrons. The summed E-state index contributed by atoms with van der Waals surface area (Å²) in [7, 11) is 0. The molecule has 0 saturated carbocycles. The number of ketones is 2. The molecule has 0 heterocycles. The minimum atomic E-state index is -0.613. The van der Waals surface area contributed by atoms with Crippen molar-refractivity contribution in [2.45, 2.75) is 26.2 Å². The van der Waals surface area contributed by atoms with E-state index in [1.54, 1.807) is 12.1 Å². The van der Waals surface area contributed by atoms with Gasteiger partial charge in [0.15, 0.2) is 0 Å². The van der Waals surface area contributed by atoms with Crippen LogP contribution >= 0.6 is 15.9 Å². The van der Waals surface area contributed by atoms with Gasteiger partial charge in [0, 0.05) is 23.2 Å². The highest BCUT2D eigenvalue weighted by atomic mass is 79.9. The quantitative estimate of drug-likeness (QED) is 0.656. The van der Waals surface area contributed by atoms with Crippen molar-refractivity contribution in [3.63, 3.8) is 0 Å². The van der Waals surface area contributed by atoms with Gasteiger partial charge >= 0.3 is 0 Å². The SMILES string of the molecule is CC(=O)CNC(=O)[C@@H](CC(=O)Cc1ccc(Br)cc1F)Cc1ccccc1. The van der Waals surface area contributed by atoms with Crippen molar-refractivity contribution in [2.24, 2.45) is 5.92 Å². The van der Waals surface area contributed by atoms with Gasteiger partial charge in [0.2, 0.25) is 5.91 Å². The molecular weight excluding hydrogens is 413 g/mol. The molecule has 2 aromatic rings. The van der Waals surface area contributed by atoms with Gasteiger partial charge in [0.25, 0.3) is 0 Å². The van der Waals surface area contributed by atoms with Gasteiger partial charge in [0.1, 0.15) is 17.4 Å². The third-order valence-electron chi connectivity index (χ3n) is 4.08. The van der Waals surface area contributed by atoms with Crippen molar-refractivity contribution in [3.05, 3.63) is 69.9 Å². The Balaban J connectivity index is 2.08. The molecule has 0 radical (unpaired) electrons. The van der Waals surface area contributed by atoms with Crippen LogP contribution < -0.4 is 5.32 Å². The largest absolute Gasteiger partial charge is 0.349 e. The van der Waals surface area contributed by atoms with Gasteiger partial charge in [0.05, 0.1) is 6.54 Å². The monoisotopic (exact) mass is 433 g/mol. The smallest absolute Gasteiger partial charge is 0.224 e. The first-order valence-corrected chi connectivity index (χ1v) is 9.41. The lowest BCUT2D eigenvalue weighted by atomic mass is 9.91. The van der Waals surface area contributed by atoms with E-state index in [9.17, 15) is 18.8 Å². The Morgan fingerprint density at radius 3 is 2.44 bits per heavy atom. The molecule has 0 spiro atoms. The molecule has 0 saturated heterocycles. The second-order valence-electron chi connectivity index (χ2n) is 6.46. The number of rotatable bonds is 9. The molecule has 6 heteroatoms. The van der Waals surface area contributed by atoms with Crippen LogP contribution in [0.4, 0.5) is 4.39 Å². The second kappa shape index (κ2) is 10.1. The third kappa shape index (κ3) is 7.06. The Hall–Kier alpha value is -2.34. The van der Waals surface area contributed by atoms with E-state index in [4.69, 9.17) is 0 Å². The molecule has 0 bridgehead atoms. The highest BCUT2D eigenvalue weighted by Crippen LogP contribution is 2.19. The van der Waals surface area contributed by atoms with E-state index in [1.165, 1.54) is 13.0 Å². The van der Waals surface area contributed by atoms with E-state index in [1.807, 2.05) is 30.3 Å². The van der Waals surface area contributed by atoms with E-state index in [0.717, 1.165) is 5.56 Å². The average molecular weight is 434 g/mol. The number of carbonyl (C=O) groups excluding carboxylic acids is 3. The van der Waals surface area contributed by atoms with Crippen LogP contribution in [0.25, 0.3) is 0 Å². The first kappa shape index (κ1) is 21.0. The first-order valence-electron chi connectivity index (χ1n) is 8.62.